The van der Waals surface area contributed by atoms with Crippen LogP contribution in [0.15, 0.2) is 47.2 Å². The van der Waals surface area contributed by atoms with Crippen molar-refractivity contribution in [1.29, 1.82) is 0 Å². The largest absolute Gasteiger partial charge is 0.497 e. The van der Waals surface area contributed by atoms with E-state index in [2.05, 4.69) is 10.3 Å². The Bertz CT molecular complexity index is 888. The number of oxazole rings is 1. The highest BCUT2D eigenvalue weighted by molar-refractivity contribution is 6.07. The van der Waals surface area contributed by atoms with E-state index in [0.717, 1.165) is 33.7 Å². The van der Waals surface area contributed by atoms with Crippen LogP contribution in [0.25, 0.3) is 11.3 Å². The summed E-state index contributed by atoms with van der Waals surface area (Å²) in [6, 6.07) is 11.4. The van der Waals surface area contributed by atoms with Gasteiger partial charge in [0.05, 0.1) is 7.11 Å². The smallest absolute Gasteiger partial charge is 0.278 e. The number of hydrogen-bond donors (Lipinski definition) is 1. The highest BCUT2D eigenvalue weighted by atomic mass is 16.5. The summed E-state index contributed by atoms with van der Waals surface area (Å²) < 4.78 is 10.6. The number of carbonyl (C=O) groups is 1. The Hall–Kier alpha value is -3.08. The van der Waals surface area contributed by atoms with Crippen LogP contribution in [-0.2, 0) is 0 Å². The van der Waals surface area contributed by atoms with Gasteiger partial charge in [-0.3, -0.25) is 4.79 Å². The number of nitrogens with zero attached hydrogens (tertiary/aromatic N) is 1. The monoisotopic (exact) mass is 336 g/mol. The Balaban J connectivity index is 1.90. The molecule has 3 aromatic rings. The Morgan fingerprint density at radius 2 is 1.72 bits per heavy atom. The first kappa shape index (κ1) is 16.8. The molecule has 128 valence electrons. The highest BCUT2D eigenvalue weighted by Crippen LogP contribution is 2.27. The number of hydrogen-bond acceptors (Lipinski definition) is 4. The predicted octanol–water partition coefficient (Wildman–Crippen LogP) is 4.53. The molecule has 1 heterocycles. The van der Waals surface area contributed by atoms with Crippen molar-refractivity contribution in [3.63, 3.8) is 0 Å². The number of benzene rings is 2. The van der Waals surface area contributed by atoms with E-state index in [1.54, 1.807) is 7.11 Å². The zero-order chi connectivity index (χ0) is 18.0. The third-order valence-corrected chi connectivity index (χ3v) is 4.05. The van der Waals surface area contributed by atoms with E-state index in [1.165, 1.54) is 6.39 Å². The second-order valence-corrected chi connectivity index (χ2v) is 5.99. The van der Waals surface area contributed by atoms with Crippen LogP contribution in [0.1, 0.15) is 27.2 Å². The molecule has 3 rings (SSSR count). The lowest BCUT2D eigenvalue weighted by atomic mass is 10.0. The van der Waals surface area contributed by atoms with E-state index in [4.69, 9.17) is 9.15 Å². The minimum absolute atomic E-state index is 0.254. The maximum atomic E-state index is 12.7. The number of aromatic nitrogens is 1. The molecular weight excluding hydrogens is 316 g/mol. The summed E-state index contributed by atoms with van der Waals surface area (Å²) in [4.78, 5) is 16.8. The third-order valence-electron chi connectivity index (χ3n) is 4.05. The van der Waals surface area contributed by atoms with Gasteiger partial charge in [-0.1, -0.05) is 17.7 Å². The van der Waals surface area contributed by atoms with Gasteiger partial charge in [0.2, 0.25) is 0 Å². The van der Waals surface area contributed by atoms with Gasteiger partial charge in [-0.2, -0.15) is 0 Å². The molecule has 1 amide bonds. The summed E-state index contributed by atoms with van der Waals surface area (Å²) in [5, 5.41) is 2.95. The van der Waals surface area contributed by atoms with Crippen LogP contribution >= 0.6 is 0 Å². The zero-order valence-electron chi connectivity index (χ0n) is 14.7. The molecular formula is C20H20N2O3. The summed E-state index contributed by atoms with van der Waals surface area (Å²) in [7, 11) is 1.61. The number of ether oxygens (including phenoxy) is 1. The normalized spacial score (nSPS) is 10.6. The molecule has 0 saturated heterocycles. The lowest BCUT2D eigenvalue weighted by molar-refractivity contribution is 0.102. The average molecular weight is 336 g/mol. The average Bonchev–Trinajstić information content (AvgIpc) is 3.07. The number of nitrogens with one attached hydrogen (secondary N) is 1. The number of aryl methyl sites for hydroxylation is 3. The van der Waals surface area contributed by atoms with Crippen LogP contribution in [0, 0.1) is 20.8 Å². The summed E-state index contributed by atoms with van der Waals surface area (Å²) in [6.07, 6.45) is 1.28. The second-order valence-electron chi connectivity index (χ2n) is 5.99. The lowest BCUT2D eigenvalue weighted by Gasteiger charge is -2.12. The molecule has 0 spiro atoms. The minimum Gasteiger partial charge on any atom is -0.497 e. The standard InChI is InChI=1S/C20H20N2O3/c1-12-9-13(2)17(14(3)10-12)22-20(23)18-19(25-11-21-18)15-5-7-16(24-4)8-6-15/h5-11H,1-4H3,(H,22,23). The summed E-state index contributed by atoms with van der Waals surface area (Å²) in [6.45, 7) is 5.98. The van der Waals surface area contributed by atoms with E-state index in [-0.39, 0.29) is 11.6 Å². The van der Waals surface area contributed by atoms with Crippen molar-refractivity contribution in [2.24, 2.45) is 0 Å². The number of methoxy groups -OCH3 is 1. The molecule has 0 aliphatic carbocycles. The maximum Gasteiger partial charge on any atom is 0.278 e. The number of carbonyl (C=O) groups excluding carboxylic acids is 1. The topological polar surface area (TPSA) is 64.4 Å². The van der Waals surface area contributed by atoms with Gasteiger partial charge in [0, 0.05) is 11.3 Å². The fraction of sp³-hybridized carbons (Fsp3) is 0.200. The van der Waals surface area contributed by atoms with Crippen molar-refractivity contribution in [2.75, 3.05) is 12.4 Å². The molecule has 25 heavy (non-hydrogen) atoms. The molecule has 0 atom stereocenters. The highest BCUT2D eigenvalue weighted by Gasteiger charge is 2.19. The van der Waals surface area contributed by atoms with Gasteiger partial charge in [-0.15, -0.1) is 0 Å². The van der Waals surface area contributed by atoms with Crippen molar-refractivity contribution >= 4 is 11.6 Å². The third kappa shape index (κ3) is 3.40. The molecule has 5 nitrogen and oxygen atoms in total. The minimum atomic E-state index is -0.297. The molecule has 0 bridgehead atoms. The van der Waals surface area contributed by atoms with Gasteiger partial charge in [-0.25, -0.2) is 4.98 Å². The first-order chi connectivity index (χ1) is 12.0. The van der Waals surface area contributed by atoms with Gasteiger partial charge in [0.1, 0.15) is 5.75 Å². The zero-order valence-corrected chi connectivity index (χ0v) is 14.7. The van der Waals surface area contributed by atoms with Crippen molar-refractivity contribution in [3.05, 3.63) is 65.2 Å². The molecule has 0 saturated carbocycles. The van der Waals surface area contributed by atoms with Crippen LogP contribution in [-0.4, -0.2) is 18.0 Å². The van der Waals surface area contributed by atoms with E-state index >= 15 is 0 Å². The lowest BCUT2D eigenvalue weighted by Crippen LogP contribution is -2.15. The van der Waals surface area contributed by atoms with E-state index < -0.39 is 0 Å². The SMILES string of the molecule is COc1ccc(-c2ocnc2C(=O)Nc2c(C)cc(C)cc2C)cc1. The Morgan fingerprint density at radius 3 is 2.32 bits per heavy atom. The Labute approximate surface area is 146 Å². The van der Waals surface area contributed by atoms with Crippen molar-refractivity contribution < 1.29 is 13.9 Å². The van der Waals surface area contributed by atoms with Crippen molar-refractivity contribution in [3.8, 4) is 17.1 Å². The first-order valence-electron chi connectivity index (χ1n) is 7.96. The first-order valence-corrected chi connectivity index (χ1v) is 7.96. The van der Waals surface area contributed by atoms with Crippen LogP contribution in [0.2, 0.25) is 0 Å². The molecule has 0 fully saturated rings. The summed E-state index contributed by atoms with van der Waals surface area (Å²) in [5.74, 6) is 0.873. The quantitative estimate of drug-likeness (QED) is 0.760. The molecule has 1 N–H and O–H groups in total. The maximum absolute atomic E-state index is 12.7. The summed E-state index contributed by atoms with van der Waals surface area (Å²) in [5.41, 5.74) is 5.01. The van der Waals surface area contributed by atoms with Crippen LogP contribution < -0.4 is 10.1 Å². The Kier molecular flexibility index (Phi) is 4.57. The molecule has 5 heteroatoms. The number of anilines is 1. The fourth-order valence-corrected chi connectivity index (χ4v) is 2.91. The van der Waals surface area contributed by atoms with Crippen molar-refractivity contribution in [1.82, 2.24) is 4.98 Å². The Morgan fingerprint density at radius 1 is 1.08 bits per heavy atom. The van der Waals surface area contributed by atoms with Crippen LogP contribution in [0.4, 0.5) is 5.69 Å². The molecule has 0 radical (unpaired) electrons. The molecule has 0 unspecified atom stereocenters. The molecule has 0 aliphatic heterocycles. The van der Waals surface area contributed by atoms with E-state index in [9.17, 15) is 4.79 Å². The van der Waals surface area contributed by atoms with Gasteiger partial charge < -0.3 is 14.5 Å². The molecule has 1 aromatic heterocycles. The van der Waals surface area contributed by atoms with Gasteiger partial charge in [0.15, 0.2) is 17.8 Å². The van der Waals surface area contributed by atoms with E-state index in [0.29, 0.717) is 5.76 Å². The molecule has 2 aromatic carbocycles. The second kappa shape index (κ2) is 6.81. The van der Waals surface area contributed by atoms with Crippen LogP contribution in [0.3, 0.4) is 0 Å². The van der Waals surface area contributed by atoms with Gasteiger partial charge in [0.25, 0.3) is 5.91 Å². The predicted molar refractivity (Wildman–Crippen MR) is 97.1 cm³/mol. The van der Waals surface area contributed by atoms with E-state index in [1.807, 2.05) is 57.2 Å². The number of rotatable bonds is 4. The van der Waals surface area contributed by atoms with Gasteiger partial charge in [-0.05, 0) is 56.2 Å². The summed E-state index contributed by atoms with van der Waals surface area (Å²) >= 11 is 0. The fourth-order valence-electron chi connectivity index (χ4n) is 2.91. The van der Waals surface area contributed by atoms with Crippen LogP contribution in [0.5, 0.6) is 5.75 Å². The number of amides is 1. The van der Waals surface area contributed by atoms with Crippen molar-refractivity contribution in [2.45, 2.75) is 20.8 Å². The van der Waals surface area contributed by atoms with Gasteiger partial charge >= 0.3 is 0 Å². The molecule has 0 aliphatic rings.